The smallest absolute Gasteiger partial charge is 0.145 e. The van der Waals surface area contributed by atoms with E-state index in [1.165, 1.54) is 38.1 Å². The number of hydrogen-bond acceptors (Lipinski definition) is 2. The third-order valence-electron chi connectivity index (χ3n) is 8.97. The molecule has 5 heteroatoms. The van der Waals surface area contributed by atoms with E-state index in [-0.39, 0.29) is 0 Å². The van der Waals surface area contributed by atoms with Gasteiger partial charge in [0.2, 0.25) is 0 Å². The van der Waals surface area contributed by atoms with E-state index in [0.717, 1.165) is 44.2 Å². The van der Waals surface area contributed by atoms with Crippen LogP contribution in [0.1, 0.15) is 0 Å². The van der Waals surface area contributed by atoms with Gasteiger partial charge in [-0.05, 0) is 47.9 Å². The molecule has 43 heavy (non-hydrogen) atoms. The normalized spacial score (nSPS) is 12.2. The average Bonchev–Trinajstić information content (AvgIpc) is 3.78. The van der Waals surface area contributed by atoms with Crippen LogP contribution < -0.4 is 0 Å². The summed E-state index contributed by atoms with van der Waals surface area (Å²) in [6.45, 7) is 0. The van der Waals surface area contributed by atoms with Gasteiger partial charge in [-0.15, -0.1) is 0 Å². The molecule has 0 aliphatic rings. The van der Waals surface area contributed by atoms with Crippen LogP contribution in [0.3, 0.4) is 0 Å². The van der Waals surface area contributed by atoms with Crippen LogP contribution in [0.2, 0.25) is 0 Å². The zero-order valence-electron chi connectivity index (χ0n) is 23.0. The van der Waals surface area contributed by atoms with Crippen LogP contribution in [0.15, 0.2) is 140 Å². The Morgan fingerprint density at radius 2 is 1.12 bits per heavy atom. The second-order valence-electron chi connectivity index (χ2n) is 11.1. The van der Waals surface area contributed by atoms with Gasteiger partial charge >= 0.3 is 0 Å². The van der Waals surface area contributed by atoms with Gasteiger partial charge in [0.05, 0.1) is 27.6 Å². The highest BCUT2D eigenvalue weighted by Crippen LogP contribution is 2.45. The van der Waals surface area contributed by atoms with Crippen molar-refractivity contribution in [3.8, 4) is 11.4 Å². The van der Waals surface area contributed by atoms with Crippen molar-refractivity contribution in [2.75, 3.05) is 0 Å². The number of hydrogen-bond donors (Lipinski definition) is 0. The van der Waals surface area contributed by atoms with Gasteiger partial charge in [0.15, 0.2) is 0 Å². The first-order chi connectivity index (χ1) is 21.4. The lowest BCUT2D eigenvalue weighted by molar-refractivity contribution is 1.15. The summed E-state index contributed by atoms with van der Waals surface area (Å²) in [6.07, 6.45) is 7.78. The van der Waals surface area contributed by atoms with Crippen molar-refractivity contribution >= 4 is 70.9 Å². The van der Waals surface area contributed by atoms with Crippen molar-refractivity contribution in [3.63, 3.8) is 0 Å². The number of imidazole rings is 1. The zero-order valence-corrected chi connectivity index (χ0v) is 23.0. The van der Waals surface area contributed by atoms with E-state index in [2.05, 4.69) is 140 Å². The Bertz CT molecular complexity index is 2710. The fourth-order valence-corrected chi connectivity index (χ4v) is 7.27. The quantitative estimate of drug-likeness (QED) is 0.202. The van der Waals surface area contributed by atoms with E-state index >= 15 is 0 Å². The molecule has 200 valence electrons. The molecule has 0 unspecified atom stereocenters. The molecule has 0 saturated carbocycles. The van der Waals surface area contributed by atoms with Gasteiger partial charge in [-0.25, -0.2) is 4.98 Å². The molecule has 0 atom stereocenters. The van der Waals surface area contributed by atoms with Gasteiger partial charge in [-0.3, -0.25) is 9.38 Å². The lowest BCUT2D eigenvalue weighted by atomic mass is 10.0. The van der Waals surface area contributed by atoms with E-state index in [0.29, 0.717) is 0 Å². The third kappa shape index (κ3) is 2.90. The Morgan fingerprint density at radius 1 is 0.442 bits per heavy atom. The maximum absolute atomic E-state index is 4.93. The van der Waals surface area contributed by atoms with Crippen LogP contribution in [-0.4, -0.2) is 23.5 Å². The third-order valence-corrected chi connectivity index (χ3v) is 8.97. The summed E-state index contributed by atoms with van der Waals surface area (Å²) in [6, 6.07) is 41.4. The second-order valence-corrected chi connectivity index (χ2v) is 11.1. The van der Waals surface area contributed by atoms with E-state index in [9.17, 15) is 0 Å². The first-order valence-electron chi connectivity index (χ1n) is 14.5. The fraction of sp³-hybridized carbons (Fsp3) is 0. The lowest BCUT2D eigenvalue weighted by Crippen LogP contribution is -1.98. The fourth-order valence-electron chi connectivity index (χ4n) is 7.27. The topological polar surface area (TPSA) is 40.0 Å². The summed E-state index contributed by atoms with van der Waals surface area (Å²) in [7, 11) is 0. The standard InChI is InChI=1S/C38H23N5/c1-3-9-24(10-4-1)42-32-14-8-7-13-26(32)28-15-16-29-34-33(43(37(29)36(28)42)25-11-5-2-6-12-25)18-17-27-30-23-39-20-19-31(30)41-22-21-40-38(41)35(27)34/h1-23H. The molecule has 5 heterocycles. The summed E-state index contributed by atoms with van der Waals surface area (Å²) in [5.74, 6) is 0. The summed E-state index contributed by atoms with van der Waals surface area (Å²) in [4.78, 5) is 9.44. The SMILES string of the molecule is c1ccc(-n2c3ccccc3c3ccc4c5c6c(ccc5n(-c5ccccc5)c4c32)c2cnccc2n2ccnc62)cc1. The highest BCUT2D eigenvalue weighted by atomic mass is 15.0. The van der Waals surface area contributed by atoms with Gasteiger partial charge < -0.3 is 9.13 Å². The summed E-state index contributed by atoms with van der Waals surface area (Å²) in [5.41, 5.74) is 9.05. The molecule has 0 radical (unpaired) electrons. The number of para-hydroxylation sites is 3. The molecule has 5 nitrogen and oxygen atoms in total. The maximum Gasteiger partial charge on any atom is 0.145 e. The predicted octanol–water partition coefficient (Wildman–Crippen LogP) is 9.23. The Labute approximate surface area is 245 Å². The van der Waals surface area contributed by atoms with Crippen LogP contribution in [0.4, 0.5) is 0 Å². The predicted molar refractivity (Wildman–Crippen MR) is 177 cm³/mol. The highest BCUT2D eigenvalue weighted by molar-refractivity contribution is 6.32. The summed E-state index contributed by atoms with van der Waals surface area (Å²) in [5, 5.41) is 8.29. The molecule has 0 aliphatic carbocycles. The van der Waals surface area contributed by atoms with E-state index < -0.39 is 0 Å². The molecule has 0 saturated heterocycles. The van der Waals surface area contributed by atoms with Crippen molar-refractivity contribution in [1.29, 1.82) is 0 Å². The average molecular weight is 550 g/mol. The molecule has 5 aromatic heterocycles. The van der Waals surface area contributed by atoms with Gasteiger partial charge in [0.25, 0.3) is 0 Å². The molecule has 0 aliphatic heterocycles. The van der Waals surface area contributed by atoms with Gasteiger partial charge in [0.1, 0.15) is 5.65 Å². The minimum atomic E-state index is 0.954. The molecule has 0 bridgehead atoms. The van der Waals surface area contributed by atoms with Gasteiger partial charge in [-0.2, -0.15) is 0 Å². The van der Waals surface area contributed by atoms with Crippen molar-refractivity contribution in [2.24, 2.45) is 0 Å². The number of fused-ring (bicyclic) bond motifs is 14. The lowest BCUT2D eigenvalue weighted by Gasteiger charge is -2.12. The molecule has 0 spiro atoms. The van der Waals surface area contributed by atoms with E-state index in [4.69, 9.17) is 4.98 Å². The highest BCUT2D eigenvalue weighted by Gasteiger charge is 2.23. The van der Waals surface area contributed by atoms with Crippen LogP contribution in [0, 0.1) is 0 Å². The summed E-state index contributed by atoms with van der Waals surface area (Å²) < 4.78 is 7.07. The largest absolute Gasteiger partial charge is 0.307 e. The van der Waals surface area contributed by atoms with Crippen LogP contribution in [0.25, 0.3) is 82.3 Å². The molecular formula is C38H23N5. The number of benzene rings is 5. The van der Waals surface area contributed by atoms with Crippen molar-refractivity contribution in [1.82, 2.24) is 23.5 Å². The molecule has 10 rings (SSSR count). The molecule has 10 aromatic rings. The number of aromatic nitrogens is 5. The van der Waals surface area contributed by atoms with Gasteiger partial charge in [0, 0.05) is 68.5 Å². The van der Waals surface area contributed by atoms with Crippen LogP contribution in [0.5, 0.6) is 0 Å². The monoisotopic (exact) mass is 549 g/mol. The first kappa shape index (κ1) is 22.7. The first-order valence-corrected chi connectivity index (χ1v) is 14.5. The Kier molecular flexibility index (Phi) is 4.39. The Balaban J connectivity index is 1.54. The van der Waals surface area contributed by atoms with E-state index in [1.54, 1.807) is 0 Å². The maximum atomic E-state index is 4.93. The van der Waals surface area contributed by atoms with Crippen molar-refractivity contribution in [2.45, 2.75) is 0 Å². The number of nitrogens with zero attached hydrogens (tertiary/aromatic N) is 5. The summed E-state index contributed by atoms with van der Waals surface area (Å²) >= 11 is 0. The minimum absolute atomic E-state index is 0.954. The van der Waals surface area contributed by atoms with Crippen molar-refractivity contribution < 1.29 is 0 Å². The van der Waals surface area contributed by atoms with Crippen LogP contribution in [-0.2, 0) is 0 Å². The molecule has 0 N–H and O–H groups in total. The Morgan fingerprint density at radius 3 is 1.93 bits per heavy atom. The number of pyridine rings is 2. The zero-order chi connectivity index (χ0) is 28.1. The van der Waals surface area contributed by atoms with Crippen molar-refractivity contribution in [3.05, 3.63) is 140 Å². The molecule has 0 fully saturated rings. The van der Waals surface area contributed by atoms with Gasteiger partial charge in [-0.1, -0.05) is 72.8 Å². The minimum Gasteiger partial charge on any atom is -0.307 e. The van der Waals surface area contributed by atoms with E-state index in [1.807, 2.05) is 18.6 Å². The molecule has 5 aromatic carbocycles. The second kappa shape index (κ2) is 8.30. The molecular weight excluding hydrogens is 526 g/mol. The van der Waals surface area contributed by atoms with Crippen LogP contribution >= 0.6 is 0 Å². The number of rotatable bonds is 2. The molecule has 0 amide bonds. The Hall–Kier alpha value is -5.94.